The van der Waals surface area contributed by atoms with Crippen molar-refractivity contribution in [2.24, 2.45) is 0 Å². The average Bonchev–Trinajstić information content (AvgIpc) is 3.95. The lowest BCUT2D eigenvalue weighted by Gasteiger charge is -2.26. The summed E-state index contributed by atoms with van der Waals surface area (Å²) in [7, 11) is 0. The summed E-state index contributed by atoms with van der Waals surface area (Å²) >= 11 is 6.02. The summed E-state index contributed by atoms with van der Waals surface area (Å²) < 4.78 is 49.4. The van der Waals surface area contributed by atoms with Gasteiger partial charge in [-0.3, -0.25) is 14.4 Å². The summed E-state index contributed by atoms with van der Waals surface area (Å²) in [4.78, 5) is 62.0. The van der Waals surface area contributed by atoms with E-state index < -0.39 is 60.2 Å². The highest BCUT2D eigenvalue weighted by atomic mass is 35.5. The molecule has 1 saturated carbocycles. The van der Waals surface area contributed by atoms with Crippen molar-refractivity contribution in [2.75, 3.05) is 36.9 Å². The Hall–Kier alpha value is -6.01. The van der Waals surface area contributed by atoms with Crippen molar-refractivity contribution in [2.45, 2.75) is 49.5 Å². The minimum Gasteiger partial charge on any atom is -0.480 e. The highest BCUT2D eigenvalue weighted by molar-refractivity contribution is 6.35. The molecule has 1 unspecified atom stereocenters. The lowest BCUT2D eigenvalue weighted by molar-refractivity contribution is -0.154. The van der Waals surface area contributed by atoms with E-state index in [4.69, 9.17) is 21.1 Å². The maximum absolute atomic E-state index is 13.0. The fourth-order valence-electron chi connectivity index (χ4n) is 5.93. The number of amides is 3. The summed E-state index contributed by atoms with van der Waals surface area (Å²) in [6.45, 7) is -1.31. The molecule has 0 radical (unpaired) electrons. The van der Waals surface area contributed by atoms with Crippen LogP contribution < -0.4 is 31.3 Å². The molecule has 19 heteroatoms. The van der Waals surface area contributed by atoms with E-state index in [-0.39, 0.29) is 37.0 Å². The van der Waals surface area contributed by atoms with Gasteiger partial charge in [-0.2, -0.15) is 28.1 Å². The highest BCUT2D eigenvalue weighted by Gasteiger charge is 2.45. The van der Waals surface area contributed by atoms with Crippen LogP contribution in [0.15, 0.2) is 72.8 Å². The van der Waals surface area contributed by atoms with Gasteiger partial charge < -0.3 is 41.2 Å². The third-order valence-corrected chi connectivity index (χ3v) is 9.20. The number of nitrogens with one attached hydrogen (secondary N) is 5. The van der Waals surface area contributed by atoms with Crippen molar-refractivity contribution >= 4 is 52.9 Å². The quantitative estimate of drug-likeness (QED) is 0.0925. The number of carboxylic acids is 1. The number of carbonyl (C=O) groups is 4. The van der Waals surface area contributed by atoms with Crippen LogP contribution in [0, 0.1) is 0 Å². The number of halogens is 4. The molecule has 0 bridgehead atoms. The van der Waals surface area contributed by atoms with Crippen LogP contribution in [0.25, 0.3) is 0 Å². The minimum absolute atomic E-state index is 0.0418. The Morgan fingerprint density at radius 1 is 0.929 bits per heavy atom. The number of carbonyl (C=O) groups excluding carboxylic acids is 3. The molecule has 3 aromatic carbocycles. The lowest BCUT2D eigenvalue weighted by Crippen LogP contribution is -2.45. The highest BCUT2D eigenvalue weighted by Crippen LogP contribution is 2.48. The number of benzene rings is 3. The Morgan fingerprint density at radius 3 is 2.32 bits per heavy atom. The van der Waals surface area contributed by atoms with Crippen molar-refractivity contribution < 1.29 is 46.9 Å². The molecule has 2 aliphatic rings. The van der Waals surface area contributed by atoms with Crippen molar-refractivity contribution in [1.82, 2.24) is 30.9 Å². The second kappa shape index (κ2) is 17.2. The summed E-state index contributed by atoms with van der Waals surface area (Å²) in [5.41, 5.74) is 2.75. The van der Waals surface area contributed by atoms with Crippen molar-refractivity contribution in [1.29, 1.82) is 0 Å². The first-order valence-electron chi connectivity index (χ1n) is 17.4. The number of hydrogen-bond acceptors (Lipinski definition) is 11. The van der Waals surface area contributed by atoms with E-state index in [0.717, 1.165) is 23.1 Å². The molecule has 3 amide bonds. The molecule has 2 heterocycles. The van der Waals surface area contributed by atoms with Gasteiger partial charge in [0.05, 0.1) is 12.1 Å². The van der Waals surface area contributed by atoms with Crippen molar-refractivity contribution in [3.63, 3.8) is 0 Å². The molecule has 294 valence electrons. The van der Waals surface area contributed by atoms with Crippen molar-refractivity contribution in [3.8, 4) is 6.01 Å². The molecule has 6 rings (SSSR count). The van der Waals surface area contributed by atoms with E-state index in [1.165, 1.54) is 24.3 Å². The lowest BCUT2D eigenvalue weighted by atomic mass is 9.97. The van der Waals surface area contributed by atoms with E-state index in [1.807, 2.05) is 36.4 Å². The largest absolute Gasteiger partial charge is 0.480 e. The summed E-state index contributed by atoms with van der Waals surface area (Å²) in [5.74, 6) is -4.19. The predicted molar refractivity (Wildman–Crippen MR) is 195 cm³/mol. The number of carboxylic acid groups (broad SMARTS) is 1. The Kier molecular flexibility index (Phi) is 12.2. The number of nitrogens with zero attached hydrogens (tertiary/aromatic N) is 3. The number of alkyl halides is 3. The molecule has 1 fully saturated rings. The first kappa shape index (κ1) is 39.7. The molecule has 4 aromatic rings. The molecule has 56 heavy (non-hydrogen) atoms. The third-order valence-electron chi connectivity index (χ3n) is 8.95. The molecule has 1 aromatic heterocycles. The van der Waals surface area contributed by atoms with Gasteiger partial charge in [0.25, 0.3) is 5.91 Å². The molecular formula is C37H36ClF3N8O7. The Morgan fingerprint density at radius 2 is 1.62 bits per heavy atom. The van der Waals surface area contributed by atoms with E-state index in [9.17, 15) is 37.5 Å². The number of rotatable bonds is 15. The van der Waals surface area contributed by atoms with Gasteiger partial charge in [-0.05, 0) is 78.8 Å². The Balaban J connectivity index is 1.02. The topological polar surface area (TPSA) is 206 Å². The fourth-order valence-corrected chi connectivity index (χ4v) is 6.05. The first-order valence-corrected chi connectivity index (χ1v) is 17.8. The fraction of sp³-hybridized carbons (Fsp3) is 0.324. The molecule has 0 saturated heterocycles. The smallest absolute Gasteiger partial charge is 0.422 e. The van der Waals surface area contributed by atoms with Crippen LogP contribution >= 0.6 is 11.6 Å². The minimum atomic E-state index is -4.64. The van der Waals surface area contributed by atoms with Gasteiger partial charge in [0, 0.05) is 29.4 Å². The molecule has 1 aliphatic carbocycles. The number of fused-ring (bicyclic) bond motifs is 1. The normalized spacial score (nSPS) is 16.0. The molecular weight excluding hydrogens is 761 g/mol. The zero-order chi connectivity index (χ0) is 39.9. The summed E-state index contributed by atoms with van der Waals surface area (Å²) in [6.07, 6.45) is -3.14. The van der Waals surface area contributed by atoms with Crippen LogP contribution in [0.1, 0.15) is 52.4 Å². The predicted octanol–water partition coefficient (Wildman–Crippen LogP) is 4.43. The zero-order valence-electron chi connectivity index (χ0n) is 29.5. The van der Waals surface area contributed by atoms with Crippen molar-refractivity contribution in [3.05, 3.63) is 100 Å². The van der Waals surface area contributed by atoms with Crippen LogP contribution in [0.2, 0.25) is 5.02 Å². The second-order valence-corrected chi connectivity index (χ2v) is 13.4. The maximum Gasteiger partial charge on any atom is 0.422 e. The first-order chi connectivity index (χ1) is 26.8. The summed E-state index contributed by atoms with van der Waals surface area (Å²) in [6, 6.07) is 18.4. The molecule has 2 atom stereocenters. The number of ether oxygens (including phenoxy) is 2. The van der Waals surface area contributed by atoms with E-state index in [1.54, 1.807) is 12.1 Å². The number of anilines is 3. The average molecular weight is 797 g/mol. The van der Waals surface area contributed by atoms with E-state index in [0.29, 0.717) is 30.2 Å². The number of aliphatic carboxylic acids is 1. The number of aromatic nitrogens is 3. The SMILES string of the molecule is O=C(NCC[C@H](NC(=O)c1ccc(Nc2nc(NC3(c4ccc(Cl)cc4)CC3)nc(OCC(F)(F)F)n2)cc1)C(=O)O)C(=O)NCC1OCCc2ccccc21. The van der Waals surface area contributed by atoms with E-state index in [2.05, 4.69) is 41.5 Å². The van der Waals surface area contributed by atoms with Crippen LogP contribution in [0.5, 0.6) is 6.01 Å². The Bertz CT molecular complexity index is 2070. The van der Waals surface area contributed by atoms with Gasteiger partial charge in [0.15, 0.2) is 6.61 Å². The van der Waals surface area contributed by atoms with Crippen LogP contribution in [0.4, 0.5) is 30.8 Å². The van der Waals surface area contributed by atoms with Gasteiger partial charge in [0.2, 0.25) is 11.9 Å². The number of hydrogen-bond donors (Lipinski definition) is 6. The summed E-state index contributed by atoms with van der Waals surface area (Å²) in [5, 5.41) is 23.6. The molecule has 1 aliphatic heterocycles. The molecule has 0 spiro atoms. The van der Waals surface area contributed by atoms with Crippen LogP contribution in [0.3, 0.4) is 0 Å². The maximum atomic E-state index is 13.0. The molecule has 15 nitrogen and oxygen atoms in total. The Labute approximate surface area is 322 Å². The van der Waals surface area contributed by atoms with E-state index >= 15 is 0 Å². The van der Waals surface area contributed by atoms with Gasteiger partial charge in [0.1, 0.15) is 12.1 Å². The van der Waals surface area contributed by atoms with Gasteiger partial charge in [-0.1, -0.05) is 48.0 Å². The second-order valence-electron chi connectivity index (χ2n) is 13.0. The third kappa shape index (κ3) is 10.6. The van der Waals surface area contributed by atoms with Gasteiger partial charge >= 0.3 is 30.0 Å². The molecule has 6 N–H and O–H groups in total. The van der Waals surface area contributed by atoms with Gasteiger partial charge in [-0.15, -0.1) is 0 Å². The van der Waals surface area contributed by atoms with Gasteiger partial charge in [-0.25, -0.2) is 4.79 Å². The monoisotopic (exact) mass is 796 g/mol. The standard InChI is InChI=1S/C37H36ClF3N8O7/c38-24-9-7-23(8-10-24)36(15-16-36)49-34-46-33(47-35(48-34)56-20-37(39,40)41)44-25-11-5-22(6-12-25)29(50)45-27(32(53)54)13-17-42-30(51)31(52)43-19-28-26-4-2-1-3-21(26)14-18-55-28/h1-12,27-28H,13-20H2,(H,42,51)(H,43,52)(H,45,50)(H,53,54)(H2,44,46,47,48,49)/t27-,28?/m0/s1. The zero-order valence-corrected chi connectivity index (χ0v) is 30.2. The van der Waals surface area contributed by atoms with Crippen LogP contribution in [-0.4, -0.2) is 82.3 Å². The van der Waals surface area contributed by atoms with Crippen LogP contribution in [-0.2, 0) is 31.1 Å².